The van der Waals surface area contributed by atoms with Crippen LogP contribution in [0.4, 0.5) is 22.7 Å². The summed E-state index contributed by atoms with van der Waals surface area (Å²) < 4.78 is 52.8. The third-order valence-electron chi connectivity index (χ3n) is 4.80. The lowest BCUT2D eigenvalue weighted by Crippen LogP contribution is -2.14. The predicted octanol–water partition coefficient (Wildman–Crippen LogP) is 4.59. The van der Waals surface area contributed by atoms with E-state index >= 15 is 0 Å². The Labute approximate surface area is 183 Å². The highest BCUT2D eigenvalue weighted by Gasteiger charge is 2.37. The van der Waals surface area contributed by atoms with Gasteiger partial charge in [-0.2, -0.15) is 18.2 Å². The Bertz CT molecular complexity index is 1300. The van der Waals surface area contributed by atoms with E-state index < -0.39 is 12.0 Å². The fourth-order valence-electron chi connectivity index (χ4n) is 3.19. The van der Waals surface area contributed by atoms with Gasteiger partial charge in [-0.1, -0.05) is 0 Å². The van der Waals surface area contributed by atoms with Crippen molar-refractivity contribution in [1.82, 2.24) is 24.6 Å². The van der Waals surface area contributed by atoms with Crippen LogP contribution in [0.15, 0.2) is 29.6 Å². The van der Waals surface area contributed by atoms with Gasteiger partial charge >= 0.3 is 6.18 Å². The number of thiazole rings is 1. The van der Waals surface area contributed by atoms with Crippen molar-refractivity contribution in [2.45, 2.75) is 32.9 Å². The van der Waals surface area contributed by atoms with Crippen LogP contribution in [-0.2, 0) is 17.4 Å². The van der Waals surface area contributed by atoms with Crippen LogP contribution in [0.5, 0.6) is 0 Å². The van der Waals surface area contributed by atoms with Crippen molar-refractivity contribution in [2.24, 2.45) is 0 Å². The van der Waals surface area contributed by atoms with Crippen molar-refractivity contribution in [2.75, 3.05) is 5.32 Å². The van der Waals surface area contributed by atoms with E-state index in [0.29, 0.717) is 27.8 Å². The summed E-state index contributed by atoms with van der Waals surface area (Å²) in [7, 11) is 0. The first-order chi connectivity index (χ1) is 15.1. The number of hydrogen-bond donors (Lipinski definition) is 1. The number of aryl methyl sites for hydroxylation is 2. The molecule has 3 heterocycles. The third kappa shape index (κ3) is 4.44. The smallest absolute Gasteiger partial charge is 0.302 e. The summed E-state index contributed by atoms with van der Waals surface area (Å²) in [6, 6.07) is 5.85. The summed E-state index contributed by atoms with van der Waals surface area (Å²) in [6.45, 7) is 3.26. The largest absolute Gasteiger partial charge is 0.453 e. The number of nitrogens with one attached hydrogen (secondary N) is 1. The van der Waals surface area contributed by atoms with Gasteiger partial charge in [0.2, 0.25) is 5.91 Å². The van der Waals surface area contributed by atoms with Crippen molar-refractivity contribution < 1.29 is 22.4 Å². The first-order valence-corrected chi connectivity index (χ1v) is 10.3. The normalized spacial score (nSPS) is 11.8. The number of rotatable bonds is 5. The Kier molecular flexibility index (Phi) is 5.63. The lowest BCUT2D eigenvalue weighted by Gasteiger charge is -2.10. The molecule has 0 unspecified atom stereocenters. The van der Waals surface area contributed by atoms with Gasteiger partial charge in [0, 0.05) is 28.8 Å². The maximum absolute atomic E-state index is 13.1. The quantitative estimate of drug-likeness (QED) is 0.437. The second-order valence-corrected chi connectivity index (χ2v) is 7.86. The number of hydrogen-bond acceptors (Lipinski definition) is 6. The lowest BCUT2D eigenvalue weighted by atomic mass is 10.1. The first kappa shape index (κ1) is 21.8. The molecule has 0 bridgehead atoms. The molecule has 4 rings (SSSR count). The molecular formula is C20H16F4N6OS. The molecule has 7 nitrogen and oxygen atoms in total. The first-order valence-electron chi connectivity index (χ1n) is 9.43. The zero-order chi connectivity index (χ0) is 23.0. The zero-order valence-corrected chi connectivity index (χ0v) is 17.7. The maximum atomic E-state index is 13.1. The highest BCUT2D eigenvalue weighted by molar-refractivity contribution is 7.14. The molecule has 0 spiro atoms. The van der Waals surface area contributed by atoms with E-state index in [1.54, 1.807) is 31.4 Å². The number of halogens is 4. The molecule has 166 valence electrons. The number of benzene rings is 1. The average molecular weight is 464 g/mol. The van der Waals surface area contributed by atoms with Gasteiger partial charge in [-0.25, -0.2) is 18.9 Å². The number of carbonyl (C=O) groups excluding carboxylic acids is 1. The Morgan fingerprint density at radius 2 is 1.84 bits per heavy atom. The van der Waals surface area contributed by atoms with Crippen molar-refractivity contribution >= 4 is 28.2 Å². The predicted molar refractivity (Wildman–Crippen MR) is 110 cm³/mol. The van der Waals surface area contributed by atoms with Crippen LogP contribution < -0.4 is 5.32 Å². The topological polar surface area (TPSA) is 85.1 Å². The van der Waals surface area contributed by atoms with Gasteiger partial charge in [-0.05, 0) is 50.1 Å². The number of nitrogens with zero attached hydrogens (tertiary/aromatic N) is 5. The van der Waals surface area contributed by atoms with Crippen molar-refractivity contribution in [3.05, 3.63) is 58.2 Å². The van der Waals surface area contributed by atoms with Gasteiger partial charge in [0.1, 0.15) is 5.82 Å². The number of alkyl halides is 3. The van der Waals surface area contributed by atoms with Crippen LogP contribution in [0.25, 0.3) is 17.0 Å². The number of carbonyl (C=O) groups is 1. The van der Waals surface area contributed by atoms with E-state index in [2.05, 4.69) is 25.4 Å². The fourth-order valence-corrected chi connectivity index (χ4v) is 3.93. The molecule has 1 N–H and O–H groups in total. The second kappa shape index (κ2) is 8.26. The highest BCUT2D eigenvalue weighted by Crippen LogP contribution is 2.28. The zero-order valence-electron chi connectivity index (χ0n) is 16.9. The Balaban J connectivity index is 1.45. The summed E-state index contributed by atoms with van der Waals surface area (Å²) in [5, 5.41) is 8.35. The summed E-state index contributed by atoms with van der Waals surface area (Å²) in [5.74, 6) is -2.06. The molecule has 0 aliphatic heterocycles. The van der Waals surface area contributed by atoms with Gasteiger partial charge in [0.25, 0.3) is 11.6 Å². The maximum Gasteiger partial charge on any atom is 0.453 e. The molecule has 0 fully saturated rings. The van der Waals surface area contributed by atoms with E-state index in [1.807, 2.05) is 0 Å². The van der Waals surface area contributed by atoms with E-state index in [-0.39, 0.29) is 30.3 Å². The summed E-state index contributed by atoms with van der Waals surface area (Å²) >= 11 is 1.23. The van der Waals surface area contributed by atoms with Gasteiger partial charge in [-0.15, -0.1) is 16.4 Å². The lowest BCUT2D eigenvalue weighted by molar-refractivity contribution is -0.144. The number of aromatic nitrogens is 5. The second-order valence-electron chi connectivity index (χ2n) is 7.00. The molecule has 1 amide bonds. The molecular weight excluding hydrogens is 448 g/mol. The molecule has 0 radical (unpaired) electrons. The standard InChI is InChI=1S/C20H16F4N6OS/c1-10-14(11(2)30-18(25-10)28-17(29-30)20(22,23)24)7-8-16(31)27-19-26-15(9-32-19)12-3-5-13(21)6-4-12/h3-6,9H,7-8H2,1-2H3,(H,26,27,31). The number of amides is 1. The van der Waals surface area contributed by atoms with Gasteiger partial charge in [0.15, 0.2) is 5.13 Å². The van der Waals surface area contributed by atoms with Gasteiger partial charge in [-0.3, -0.25) is 4.79 Å². The highest BCUT2D eigenvalue weighted by atomic mass is 32.1. The van der Waals surface area contributed by atoms with Crippen molar-refractivity contribution in [1.29, 1.82) is 0 Å². The Hall–Kier alpha value is -3.41. The molecule has 4 aromatic rings. The van der Waals surface area contributed by atoms with Crippen LogP contribution in [0.1, 0.15) is 29.2 Å². The molecule has 12 heteroatoms. The number of anilines is 1. The van der Waals surface area contributed by atoms with Crippen molar-refractivity contribution in [3.8, 4) is 11.3 Å². The molecule has 3 aromatic heterocycles. The van der Waals surface area contributed by atoms with E-state index in [1.165, 1.54) is 23.5 Å². The summed E-state index contributed by atoms with van der Waals surface area (Å²) in [4.78, 5) is 24.3. The average Bonchev–Trinajstić information content (AvgIpc) is 3.35. The molecule has 0 saturated carbocycles. The minimum absolute atomic E-state index is 0.0706. The van der Waals surface area contributed by atoms with Crippen LogP contribution in [0.2, 0.25) is 0 Å². The Morgan fingerprint density at radius 1 is 1.12 bits per heavy atom. The molecule has 1 aromatic carbocycles. The molecule has 0 saturated heterocycles. The van der Waals surface area contributed by atoms with Crippen LogP contribution in [0, 0.1) is 19.7 Å². The van der Waals surface area contributed by atoms with Crippen LogP contribution in [-0.4, -0.2) is 30.5 Å². The third-order valence-corrected chi connectivity index (χ3v) is 5.55. The van der Waals surface area contributed by atoms with Crippen LogP contribution in [0.3, 0.4) is 0 Å². The SMILES string of the molecule is Cc1nc2nc(C(F)(F)F)nn2c(C)c1CCC(=O)Nc1nc(-c2ccc(F)cc2)cs1. The van der Waals surface area contributed by atoms with E-state index in [0.717, 1.165) is 10.1 Å². The van der Waals surface area contributed by atoms with Crippen LogP contribution >= 0.6 is 11.3 Å². The number of fused-ring (bicyclic) bond motifs is 1. The monoisotopic (exact) mass is 464 g/mol. The molecule has 0 aliphatic rings. The van der Waals surface area contributed by atoms with E-state index in [9.17, 15) is 22.4 Å². The fraction of sp³-hybridized carbons (Fsp3) is 0.250. The van der Waals surface area contributed by atoms with E-state index in [4.69, 9.17) is 0 Å². The summed E-state index contributed by atoms with van der Waals surface area (Å²) in [6.07, 6.45) is -4.35. The Morgan fingerprint density at radius 3 is 2.53 bits per heavy atom. The summed E-state index contributed by atoms with van der Waals surface area (Å²) in [5.41, 5.74) is 2.88. The van der Waals surface area contributed by atoms with Gasteiger partial charge < -0.3 is 5.32 Å². The van der Waals surface area contributed by atoms with Crippen molar-refractivity contribution in [3.63, 3.8) is 0 Å². The minimum Gasteiger partial charge on any atom is -0.302 e. The molecule has 0 aliphatic carbocycles. The molecule has 32 heavy (non-hydrogen) atoms. The minimum atomic E-state index is -4.67. The van der Waals surface area contributed by atoms with Gasteiger partial charge in [0.05, 0.1) is 5.69 Å². The molecule has 0 atom stereocenters.